The first-order valence-corrected chi connectivity index (χ1v) is 8.75. The number of carbonyl (C=O) groups is 4. The van der Waals surface area contributed by atoms with E-state index in [-0.39, 0.29) is 24.5 Å². The van der Waals surface area contributed by atoms with Gasteiger partial charge in [0.25, 0.3) is 5.69 Å². The highest BCUT2D eigenvalue weighted by atomic mass is 16.6. The molecule has 0 aromatic heterocycles. The Hall–Kier alpha value is -3.50. The zero-order valence-corrected chi connectivity index (χ0v) is 16.6. The number of nitro benzene ring substituents is 1. The molecule has 11 nitrogen and oxygen atoms in total. The molecule has 2 amide bonds. The van der Waals surface area contributed by atoms with Gasteiger partial charge in [0.1, 0.15) is 5.69 Å². The zero-order chi connectivity index (χ0) is 22.2. The van der Waals surface area contributed by atoms with E-state index in [9.17, 15) is 29.3 Å². The van der Waals surface area contributed by atoms with Crippen molar-refractivity contribution in [1.29, 1.82) is 0 Å². The number of nitro groups is 1. The van der Waals surface area contributed by atoms with Crippen LogP contribution in [0.1, 0.15) is 33.3 Å². The van der Waals surface area contributed by atoms with Gasteiger partial charge in [0.2, 0.25) is 17.4 Å². The molecule has 2 N–H and O–H groups in total. The van der Waals surface area contributed by atoms with Gasteiger partial charge in [-0.05, 0) is 25.5 Å². The molecule has 0 saturated heterocycles. The number of ether oxygens (including phenoxy) is 2. The molecule has 0 aliphatic carbocycles. The fourth-order valence-electron chi connectivity index (χ4n) is 2.62. The Balaban J connectivity index is 3.50. The van der Waals surface area contributed by atoms with E-state index in [0.29, 0.717) is 0 Å². The fraction of sp³-hybridized carbons (Fsp3) is 0.444. The summed E-state index contributed by atoms with van der Waals surface area (Å²) in [6.07, 6.45) is -0.453. The van der Waals surface area contributed by atoms with Crippen molar-refractivity contribution in [2.75, 3.05) is 18.5 Å². The number of hydrogen-bond donors (Lipinski definition) is 2. The molecule has 0 unspecified atom stereocenters. The number of hydrogen-bond acceptors (Lipinski definition) is 8. The molecule has 158 valence electrons. The molecule has 11 heteroatoms. The lowest BCUT2D eigenvalue weighted by molar-refractivity contribution is -0.384. The van der Waals surface area contributed by atoms with E-state index >= 15 is 0 Å². The SMILES string of the molecule is CCOC(=O)C(Cc1ccc(NC(C)=O)c([N+](=O)[O-])c1)(NC(C)=O)C(=O)OCC. The van der Waals surface area contributed by atoms with Crippen molar-refractivity contribution < 1.29 is 33.6 Å². The van der Waals surface area contributed by atoms with Crippen LogP contribution in [0.25, 0.3) is 0 Å². The van der Waals surface area contributed by atoms with E-state index in [1.165, 1.54) is 32.9 Å². The Labute approximate surface area is 166 Å². The van der Waals surface area contributed by atoms with E-state index in [0.717, 1.165) is 13.0 Å². The molecule has 1 rings (SSSR count). The van der Waals surface area contributed by atoms with Gasteiger partial charge < -0.3 is 20.1 Å². The van der Waals surface area contributed by atoms with Crippen LogP contribution in [0.4, 0.5) is 11.4 Å². The number of benzene rings is 1. The van der Waals surface area contributed by atoms with Crippen LogP contribution in [0.15, 0.2) is 18.2 Å². The molecule has 0 aliphatic heterocycles. The predicted octanol–water partition coefficient (Wildman–Crippen LogP) is 1.10. The van der Waals surface area contributed by atoms with Gasteiger partial charge in [0.15, 0.2) is 0 Å². The van der Waals surface area contributed by atoms with Crippen LogP contribution >= 0.6 is 0 Å². The average molecular weight is 409 g/mol. The van der Waals surface area contributed by atoms with Crippen LogP contribution in [-0.4, -0.2) is 47.4 Å². The molecule has 0 radical (unpaired) electrons. The second-order valence-corrected chi connectivity index (χ2v) is 5.99. The van der Waals surface area contributed by atoms with E-state index in [2.05, 4.69) is 10.6 Å². The molecule has 0 spiro atoms. The minimum Gasteiger partial charge on any atom is -0.464 e. The first-order valence-electron chi connectivity index (χ1n) is 8.75. The molecule has 1 aromatic rings. The summed E-state index contributed by atoms with van der Waals surface area (Å²) < 4.78 is 9.91. The number of amides is 2. The standard InChI is InChI=1S/C18H23N3O8/c1-5-28-16(24)18(20-12(4)23,17(25)29-6-2)10-13-7-8-14(19-11(3)22)15(9-13)21(26)27/h7-9H,5-6,10H2,1-4H3,(H,19,22)(H,20,23). The topological polar surface area (TPSA) is 154 Å². The summed E-state index contributed by atoms with van der Waals surface area (Å²) in [7, 11) is 0. The third-order valence-corrected chi connectivity index (χ3v) is 3.68. The maximum Gasteiger partial charge on any atom is 0.344 e. The third-order valence-electron chi connectivity index (χ3n) is 3.68. The van der Waals surface area contributed by atoms with Gasteiger partial charge in [-0.15, -0.1) is 0 Å². The number of esters is 2. The summed E-state index contributed by atoms with van der Waals surface area (Å²) >= 11 is 0. The van der Waals surface area contributed by atoms with Crippen LogP contribution in [0.3, 0.4) is 0 Å². The van der Waals surface area contributed by atoms with Gasteiger partial charge in [-0.25, -0.2) is 9.59 Å². The normalized spacial score (nSPS) is 10.6. The van der Waals surface area contributed by atoms with Crippen molar-refractivity contribution in [3.8, 4) is 0 Å². The monoisotopic (exact) mass is 409 g/mol. The van der Waals surface area contributed by atoms with Crippen LogP contribution in [0.2, 0.25) is 0 Å². The van der Waals surface area contributed by atoms with Crippen LogP contribution in [0.5, 0.6) is 0 Å². The van der Waals surface area contributed by atoms with Gasteiger partial charge >= 0.3 is 11.9 Å². The molecular weight excluding hydrogens is 386 g/mol. The Kier molecular flexibility index (Phi) is 8.24. The molecular formula is C18H23N3O8. The maximum absolute atomic E-state index is 12.6. The number of carbonyl (C=O) groups excluding carboxylic acids is 4. The second kappa shape index (κ2) is 10.2. The van der Waals surface area contributed by atoms with Crippen molar-refractivity contribution in [2.45, 2.75) is 39.7 Å². The van der Waals surface area contributed by atoms with E-state index < -0.39 is 46.3 Å². The van der Waals surface area contributed by atoms with Gasteiger partial charge in [0, 0.05) is 26.3 Å². The molecule has 0 bridgehead atoms. The average Bonchev–Trinajstić information content (AvgIpc) is 2.61. The fourth-order valence-corrected chi connectivity index (χ4v) is 2.62. The van der Waals surface area contributed by atoms with Crippen LogP contribution < -0.4 is 10.6 Å². The van der Waals surface area contributed by atoms with Crippen molar-refractivity contribution in [3.05, 3.63) is 33.9 Å². The molecule has 0 atom stereocenters. The van der Waals surface area contributed by atoms with Gasteiger partial charge in [0.05, 0.1) is 18.1 Å². The summed E-state index contributed by atoms with van der Waals surface area (Å²) in [6, 6.07) is 3.75. The van der Waals surface area contributed by atoms with Crippen molar-refractivity contribution >= 4 is 35.1 Å². The van der Waals surface area contributed by atoms with Crippen molar-refractivity contribution in [3.63, 3.8) is 0 Å². The van der Waals surface area contributed by atoms with E-state index in [4.69, 9.17) is 9.47 Å². The Morgan fingerprint density at radius 3 is 2.00 bits per heavy atom. The maximum atomic E-state index is 12.6. The van der Waals surface area contributed by atoms with Gasteiger partial charge in [-0.1, -0.05) is 6.07 Å². The minimum atomic E-state index is -2.22. The lowest BCUT2D eigenvalue weighted by Gasteiger charge is -2.29. The highest BCUT2D eigenvalue weighted by Crippen LogP contribution is 2.28. The van der Waals surface area contributed by atoms with Crippen molar-refractivity contribution in [1.82, 2.24) is 5.32 Å². The quantitative estimate of drug-likeness (QED) is 0.266. The minimum absolute atomic E-state index is 0.0522. The second-order valence-electron chi connectivity index (χ2n) is 5.99. The highest BCUT2D eigenvalue weighted by molar-refractivity contribution is 6.08. The molecule has 1 aromatic carbocycles. The van der Waals surface area contributed by atoms with Gasteiger partial charge in [-0.3, -0.25) is 19.7 Å². The lowest BCUT2D eigenvalue weighted by Crippen LogP contribution is -2.62. The van der Waals surface area contributed by atoms with E-state index in [1.54, 1.807) is 0 Å². The summed E-state index contributed by atoms with van der Waals surface area (Å²) in [6.45, 7) is 5.21. The number of rotatable bonds is 9. The van der Waals surface area contributed by atoms with E-state index in [1.807, 2.05) is 0 Å². The first-order chi connectivity index (χ1) is 13.6. The zero-order valence-electron chi connectivity index (χ0n) is 16.6. The third kappa shape index (κ3) is 5.99. The van der Waals surface area contributed by atoms with Crippen LogP contribution in [0, 0.1) is 10.1 Å². The Morgan fingerprint density at radius 2 is 1.59 bits per heavy atom. The molecule has 0 saturated carbocycles. The smallest absolute Gasteiger partial charge is 0.344 e. The number of anilines is 1. The number of nitrogens with one attached hydrogen (secondary N) is 2. The Bertz CT molecular complexity index is 803. The largest absolute Gasteiger partial charge is 0.464 e. The van der Waals surface area contributed by atoms with Crippen molar-refractivity contribution in [2.24, 2.45) is 0 Å². The Morgan fingerprint density at radius 1 is 1.03 bits per heavy atom. The van der Waals surface area contributed by atoms with Gasteiger partial charge in [-0.2, -0.15) is 0 Å². The first kappa shape index (κ1) is 23.5. The summed E-state index contributed by atoms with van der Waals surface area (Å²) in [5, 5.41) is 16.0. The molecule has 0 aliphatic rings. The summed E-state index contributed by atoms with van der Waals surface area (Å²) in [5.41, 5.74) is -2.55. The summed E-state index contributed by atoms with van der Waals surface area (Å²) in [4.78, 5) is 58.9. The lowest BCUT2D eigenvalue weighted by atomic mass is 9.90. The summed E-state index contributed by atoms with van der Waals surface area (Å²) in [5.74, 6) is -3.31. The predicted molar refractivity (Wildman–Crippen MR) is 101 cm³/mol. The molecule has 0 heterocycles. The number of nitrogens with zero attached hydrogens (tertiary/aromatic N) is 1. The molecule has 29 heavy (non-hydrogen) atoms. The van der Waals surface area contributed by atoms with Crippen LogP contribution in [-0.2, 0) is 35.1 Å². The highest BCUT2D eigenvalue weighted by Gasteiger charge is 2.50. The molecule has 0 fully saturated rings.